The van der Waals surface area contributed by atoms with Gasteiger partial charge in [-0.2, -0.15) is 0 Å². The summed E-state index contributed by atoms with van der Waals surface area (Å²) in [7, 11) is 0. The summed E-state index contributed by atoms with van der Waals surface area (Å²) in [6.45, 7) is 5.50. The molecule has 2 aromatic rings. The van der Waals surface area contributed by atoms with Crippen molar-refractivity contribution < 1.29 is 9.47 Å². The number of ether oxygens (including phenoxy) is 2. The van der Waals surface area contributed by atoms with Crippen LogP contribution >= 0.6 is 0 Å². The average molecular weight is 385 g/mol. The summed E-state index contributed by atoms with van der Waals surface area (Å²) in [5.41, 5.74) is 15.7. The monoisotopic (exact) mass is 384 g/mol. The Kier molecular flexibility index (Phi) is 9.53. The Morgan fingerprint density at radius 3 is 1.32 bits per heavy atom. The highest BCUT2D eigenvalue weighted by Gasteiger charge is 2.03. The first kappa shape index (κ1) is 21.9. The second-order valence-electron chi connectivity index (χ2n) is 7.50. The van der Waals surface area contributed by atoms with Crippen molar-refractivity contribution in [1.82, 2.24) is 0 Å². The van der Waals surface area contributed by atoms with Gasteiger partial charge in [-0.05, 0) is 49.9 Å². The normalized spacial score (nSPS) is 10.8. The van der Waals surface area contributed by atoms with Gasteiger partial charge in [-0.25, -0.2) is 0 Å². The first-order valence-corrected chi connectivity index (χ1v) is 10.6. The number of rotatable bonds is 13. The smallest absolute Gasteiger partial charge is 0.142 e. The Bertz CT molecular complexity index is 654. The van der Waals surface area contributed by atoms with E-state index < -0.39 is 0 Å². The summed E-state index contributed by atoms with van der Waals surface area (Å²) in [5.74, 6) is 1.63. The number of nitrogens with two attached hydrogens (primary N) is 2. The van der Waals surface area contributed by atoms with Crippen LogP contribution in [0, 0.1) is 13.8 Å². The molecule has 0 heterocycles. The van der Waals surface area contributed by atoms with Crippen LogP contribution in [0.2, 0.25) is 0 Å². The van der Waals surface area contributed by atoms with E-state index in [1.54, 1.807) is 0 Å². The highest BCUT2D eigenvalue weighted by molar-refractivity contribution is 5.58. The zero-order valence-electron chi connectivity index (χ0n) is 17.5. The minimum atomic E-state index is 0.743. The molecule has 0 aliphatic rings. The van der Waals surface area contributed by atoms with Gasteiger partial charge in [0.15, 0.2) is 0 Å². The molecule has 2 rings (SSSR count). The maximum atomic E-state index is 6.02. The van der Waals surface area contributed by atoms with Crippen molar-refractivity contribution in [3.05, 3.63) is 47.5 Å². The fourth-order valence-corrected chi connectivity index (χ4v) is 3.19. The number of unbranched alkanes of at least 4 members (excludes halogenated alkanes) is 7. The third kappa shape index (κ3) is 7.34. The van der Waals surface area contributed by atoms with Gasteiger partial charge in [0.05, 0.1) is 24.6 Å². The van der Waals surface area contributed by atoms with Crippen LogP contribution < -0.4 is 20.9 Å². The molecule has 0 atom stereocenters. The van der Waals surface area contributed by atoms with Crippen molar-refractivity contribution in [2.24, 2.45) is 0 Å². The van der Waals surface area contributed by atoms with Crippen LogP contribution in [0.5, 0.6) is 11.5 Å². The molecule has 0 unspecified atom stereocenters. The molecule has 0 spiro atoms. The number of anilines is 2. The number of nitrogen functional groups attached to an aromatic ring is 2. The number of hydrogen-bond acceptors (Lipinski definition) is 4. The number of benzene rings is 2. The number of para-hydroxylation sites is 2. The van der Waals surface area contributed by atoms with Gasteiger partial charge in [-0.1, -0.05) is 62.8 Å². The number of aryl methyl sites for hydroxylation is 2. The van der Waals surface area contributed by atoms with Crippen molar-refractivity contribution in [3.8, 4) is 11.5 Å². The van der Waals surface area contributed by atoms with E-state index in [-0.39, 0.29) is 0 Å². The molecule has 0 saturated carbocycles. The molecule has 0 aliphatic heterocycles. The van der Waals surface area contributed by atoms with Crippen LogP contribution in [0.1, 0.15) is 62.5 Å². The lowest BCUT2D eigenvalue weighted by Gasteiger charge is -2.10. The molecule has 0 aliphatic carbocycles. The van der Waals surface area contributed by atoms with Crippen molar-refractivity contribution in [3.63, 3.8) is 0 Å². The Morgan fingerprint density at radius 2 is 0.929 bits per heavy atom. The molecule has 154 valence electrons. The standard InChI is InChI=1S/C24H36N2O2/c1-19-13-11-15-21(23(19)25)27-17-9-7-5-3-4-6-8-10-18-28-22-16-12-14-20(2)24(22)26/h11-16H,3-10,17-18,25-26H2,1-2H3. The second kappa shape index (κ2) is 12.2. The van der Waals surface area contributed by atoms with E-state index in [4.69, 9.17) is 20.9 Å². The zero-order chi connectivity index (χ0) is 20.2. The summed E-state index contributed by atoms with van der Waals surface area (Å²) in [6.07, 6.45) is 9.70. The van der Waals surface area contributed by atoms with Gasteiger partial charge in [0.2, 0.25) is 0 Å². The van der Waals surface area contributed by atoms with Crippen LogP contribution in [0.4, 0.5) is 11.4 Å². The van der Waals surface area contributed by atoms with E-state index >= 15 is 0 Å². The van der Waals surface area contributed by atoms with Crippen molar-refractivity contribution in [1.29, 1.82) is 0 Å². The Hall–Kier alpha value is -2.36. The minimum Gasteiger partial charge on any atom is -0.491 e. The van der Waals surface area contributed by atoms with Gasteiger partial charge < -0.3 is 20.9 Å². The van der Waals surface area contributed by atoms with E-state index in [1.807, 2.05) is 50.2 Å². The van der Waals surface area contributed by atoms with E-state index in [0.717, 1.165) is 60.1 Å². The third-order valence-electron chi connectivity index (χ3n) is 5.12. The lowest BCUT2D eigenvalue weighted by Crippen LogP contribution is -2.01. The fourth-order valence-electron chi connectivity index (χ4n) is 3.19. The summed E-state index contributed by atoms with van der Waals surface area (Å²) in [5, 5.41) is 0. The van der Waals surface area contributed by atoms with Crippen LogP contribution in [0.3, 0.4) is 0 Å². The Morgan fingerprint density at radius 1 is 0.571 bits per heavy atom. The minimum absolute atomic E-state index is 0.743. The highest BCUT2D eigenvalue weighted by atomic mass is 16.5. The third-order valence-corrected chi connectivity index (χ3v) is 5.12. The second-order valence-corrected chi connectivity index (χ2v) is 7.50. The largest absolute Gasteiger partial charge is 0.491 e. The SMILES string of the molecule is Cc1cccc(OCCCCCCCCCCOc2cccc(C)c2N)c1N. The first-order chi connectivity index (χ1) is 13.6. The van der Waals surface area contributed by atoms with Crippen LogP contribution in [0.25, 0.3) is 0 Å². The van der Waals surface area contributed by atoms with Crippen LogP contribution in [-0.2, 0) is 0 Å². The predicted octanol–water partition coefficient (Wildman–Crippen LogP) is 6.05. The first-order valence-electron chi connectivity index (χ1n) is 10.6. The van der Waals surface area contributed by atoms with Crippen molar-refractivity contribution in [2.45, 2.75) is 65.2 Å². The van der Waals surface area contributed by atoms with Crippen molar-refractivity contribution >= 4 is 11.4 Å². The molecule has 0 fully saturated rings. The Labute approximate surface area is 170 Å². The lowest BCUT2D eigenvalue weighted by molar-refractivity contribution is 0.302. The van der Waals surface area contributed by atoms with Gasteiger partial charge in [0.25, 0.3) is 0 Å². The molecule has 4 nitrogen and oxygen atoms in total. The van der Waals surface area contributed by atoms with Gasteiger partial charge in [0, 0.05) is 0 Å². The van der Waals surface area contributed by atoms with Crippen LogP contribution in [0.15, 0.2) is 36.4 Å². The summed E-state index contributed by atoms with van der Waals surface area (Å²) in [4.78, 5) is 0. The summed E-state index contributed by atoms with van der Waals surface area (Å²) < 4.78 is 11.6. The van der Waals surface area contributed by atoms with Gasteiger partial charge in [-0.15, -0.1) is 0 Å². The molecule has 4 heteroatoms. The molecule has 0 aromatic heterocycles. The summed E-state index contributed by atoms with van der Waals surface area (Å²) in [6, 6.07) is 11.9. The maximum absolute atomic E-state index is 6.02. The van der Waals surface area contributed by atoms with Gasteiger partial charge >= 0.3 is 0 Å². The molecule has 2 aromatic carbocycles. The van der Waals surface area contributed by atoms with E-state index in [0.29, 0.717) is 0 Å². The molecular weight excluding hydrogens is 348 g/mol. The molecule has 0 bridgehead atoms. The molecular formula is C24H36N2O2. The fraction of sp³-hybridized carbons (Fsp3) is 0.500. The topological polar surface area (TPSA) is 70.5 Å². The number of hydrogen-bond donors (Lipinski definition) is 2. The summed E-state index contributed by atoms with van der Waals surface area (Å²) >= 11 is 0. The molecule has 0 saturated heterocycles. The van der Waals surface area contributed by atoms with Gasteiger partial charge in [-0.3, -0.25) is 0 Å². The Balaban J connectivity index is 1.42. The quantitative estimate of drug-likeness (QED) is 0.326. The molecule has 0 amide bonds. The predicted molar refractivity (Wildman–Crippen MR) is 119 cm³/mol. The molecule has 0 radical (unpaired) electrons. The maximum Gasteiger partial charge on any atom is 0.142 e. The lowest BCUT2D eigenvalue weighted by atomic mass is 10.1. The van der Waals surface area contributed by atoms with Crippen LogP contribution in [-0.4, -0.2) is 13.2 Å². The van der Waals surface area contributed by atoms with Gasteiger partial charge in [0.1, 0.15) is 11.5 Å². The molecule has 4 N–H and O–H groups in total. The average Bonchev–Trinajstić information content (AvgIpc) is 2.69. The molecule has 28 heavy (non-hydrogen) atoms. The zero-order valence-corrected chi connectivity index (χ0v) is 17.5. The highest BCUT2D eigenvalue weighted by Crippen LogP contribution is 2.25. The van der Waals surface area contributed by atoms with Crippen molar-refractivity contribution in [2.75, 3.05) is 24.7 Å². The van der Waals surface area contributed by atoms with E-state index in [9.17, 15) is 0 Å². The van der Waals surface area contributed by atoms with E-state index in [2.05, 4.69) is 0 Å². The van der Waals surface area contributed by atoms with E-state index in [1.165, 1.54) is 38.5 Å².